The SMILES string of the molecule is COC1CCCC(NC2CC(C)C2)C1. The average Bonchev–Trinajstić information content (AvgIpc) is 2.16. The average molecular weight is 197 g/mol. The molecule has 2 rings (SSSR count). The largest absolute Gasteiger partial charge is 0.381 e. The number of hydrogen-bond acceptors (Lipinski definition) is 2. The fourth-order valence-electron chi connectivity index (χ4n) is 2.88. The first-order valence-electron chi connectivity index (χ1n) is 6.06. The van der Waals surface area contributed by atoms with Gasteiger partial charge in [-0.1, -0.05) is 6.92 Å². The Morgan fingerprint density at radius 2 is 1.86 bits per heavy atom. The van der Waals surface area contributed by atoms with Crippen LogP contribution in [0.4, 0.5) is 0 Å². The van der Waals surface area contributed by atoms with Gasteiger partial charge in [-0.2, -0.15) is 0 Å². The molecule has 0 saturated heterocycles. The highest BCUT2D eigenvalue weighted by atomic mass is 16.5. The van der Waals surface area contributed by atoms with Crippen molar-refractivity contribution in [1.29, 1.82) is 0 Å². The molecule has 2 aliphatic carbocycles. The first kappa shape index (κ1) is 10.4. The molecule has 14 heavy (non-hydrogen) atoms. The Morgan fingerprint density at radius 1 is 1.07 bits per heavy atom. The molecule has 2 nitrogen and oxygen atoms in total. The Bertz CT molecular complexity index is 177. The van der Waals surface area contributed by atoms with Crippen molar-refractivity contribution < 1.29 is 4.74 Å². The van der Waals surface area contributed by atoms with Crippen molar-refractivity contribution in [2.24, 2.45) is 5.92 Å². The smallest absolute Gasteiger partial charge is 0.0586 e. The molecule has 0 heterocycles. The van der Waals surface area contributed by atoms with E-state index in [0.717, 1.165) is 18.0 Å². The second kappa shape index (κ2) is 4.63. The van der Waals surface area contributed by atoms with Gasteiger partial charge in [-0.25, -0.2) is 0 Å². The minimum Gasteiger partial charge on any atom is -0.381 e. The van der Waals surface area contributed by atoms with Crippen molar-refractivity contribution in [2.45, 2.75) is 63.6 Å². The molecule has 0 bridgehead atoms. The highest BCUT2D eigenvalue weighted by Crippen LogP contribution is 2.29. The predicted octanol–water partition coefficient (Wildman–Crippen LogP) is 2.33. The normalized spacial score (nSPS) is 43.3. The minimum absolute atomic E-state index is 0.513. The molecular weight excluding hydrogens is 174 g/mol. The molecule has 2 fully saturated rings. The summed E-state index contributed by atoms with van der Waals surface area (Å²) in [5, 5.41) is 3.77. The lowest BCUT2D eigenvalue weighted by Crippen LogP contribution is -2.48. The van der Waals surface area contributed by atoms with Crippen molar-refractivity contribution in [3.05, 3.63) is 0 Å². The molecule has 2 heteroatoms. The van der Waals surface area contributed by atoms with Gasteiger partial charge in [0.1, 0.15) is 0 Å². The van der Waals surface area contributed by atoms with Gasteiger partial charge >= 0.3 is 0 Å². The van der Waals surface area contributed by atoms with Gasteiger partial charge in [0.15, 0.2) is 0 Å². The van der Waals surface area contributed by atoms with Gasteiger partial charge in [-0.15, -0.1) is 0 Å². The Labute approximate surface area is 87.4 Å². The van der Waals surface area contributed by atoms with Gasteiger partial charge in [-0.05, 0) is 44.4 Å². The van der Waals surface area contributed by atoms with E-state index >= 15 is 0 Å². The third kappa shape index (κ3) is 2.48. The fraction of sp³-hybridized carbons (Fsp3) is 1.00. The maximum Gasteiger partial charge on any atom is 0.0586 e. The number of rotatable bonds is 3. The summed E-state index contributed by atoms with van der Waals surface area (Å²) in [6, 6.07) is 1.54. The number of nitrogens with one attached hydrogen (secondary N) is 1. The van der Waals surface area contributed by atoms with E-state index in [1.807, 2.05) is 7.11 Å². The van der Waals surface area contributed by atoms with E-state index in [4.69, 9.17) is 4.74 Å². The highest BCUT2D eigenvalue weighted by Gasteiger charge is 2.29. The lowest BCUT2D eigenvalue weighted by atomic mass is 9.80. The van der Waals surface area contributed by atoms with Crippen LogP contribution < -0.4 is 5.32 Å². The summed E-state index contributed by atoms with van der Waals surface area (Å²) in [7, 11) is 1.85. The first-order chi connectivity index (χ1) is 6.78. The van der Waals surface area contributed by atoms with E-state index in [0.29, 0.717) is 6.10 Å². The Balaban J connectivity index is 1.69. The molecule has 2 aliphatic rings. The van der Waals surface area contributed by atoms with E-state index in [2.05, 4.69) is 12.2 Å². The second-order valence-corrected chi connectivity index (χ2v) is 5.16. The zero-order valence-corrected chi connectivity index (χ0v) is 9.46. The van der Waals surface area contributed by atoms with E-state index in [1.54, 1.807) is 0 Å². The Kier molecular flexibility index (Phi) is 3.45. The summed E-state index contributed by atoms with van der Waals surface area (Å²) in [6.07, 6.45) is 8.45. The van der Waals surface area contributed by atoms with E-state index in [-0.39, 0.29) is 0 Å². The van der Waals surface area contributed by atoms with Gasteiger partial charge in [0.25, 0.3) is 0 Å². The van der Waals surface area contributed by atoms with E-state index < -0.39 is 0 Å². The quantitative estimate of drug-likeness (QED) is 0.750. The van der Waals surface area contributed by atoms with Crippen LogP contribution in [0.5, 0.6) is 0 Å². The fourth-order valence-corrected chi connectivity index (χ4v) is 2.88. The van der Waals surface area contributed by atoms with Crippen LogP contribution >= 0.6 is 0 Å². The molecule has 1 N–H and O–H groups in total. The van der Waals surface area contributed by atoms with Gasteiger partial charge in [0.05, 0.1) is 6.10 Å². The number of ether oxygens (including phenoxy) is 1. The van der Waals surface area contributed by atoms with Crippen LogP contribution in [0.1, 0.15) is 45.4 Å². The third-order valence-electron chi connectivity index (χ3n) is 3.80. The molecule has 2 atom stereocenters. The first-order valence-corrected chi connectivity index (χ1v) is 6.06. The van der Waals surface area contributed by atoms with Crippen LogP contribution in [0.15, 0.2) is 0 Å². The summed E-state index contributed by atoms with van der Waals surface area (Å²) >= 11 is 0. The summed E-state index contributed by atoms with van der Waals surface area (Å²) < 4.78 is 5.44. The molecule has 82 valence electrons. The molecule has 2 unspecified atom stereocenters. The van der Waals surface area contributed by atoms with Crippen molar-refractivity contribution in [3.8, 4) is 0 Å². The highest BCUT2D eigenvalue weighted by molar-refractivity contribution is 4.87. The lowest BCUT2D eigenvalue weighted by molar-refractivity contribution is 0.0525. The topological polar surface area (TPSA) is 21.3 Å². The van der Waals surface area contributed by atoms with Crippen LogP contribution in [0.25, 0.3) is 0 Å². The van der Waals surface area contributed by atoms with Crippen molar-refractivity contribution >= 4 is 0 Å². The molecule has 0 radical (unpaired) electrons. The Morgan fingerprint density at radius 3 is 2.50 bits per heavy atom. The van der Waals surface area contributed by atoms with Gasteiger partial charge < -0.3 is 10.1 Å². The summed E-state index contributed by atoms with van der Waals surface area (Å²) in [5.74, 6) is 0.953. The minimum atomic E-state index is 0.513. The van der Waals surface area contributed by atoms with E-state index in [9.17, 15) is 0 Å². The third-order valence-corrected chi connectivity index (χ3v) is 3.80. The number of methoxy groups -OCH3 is 1. The maximum absolute atomic E-state index is 5.44. The zero-order chi connectivity index (χ0) is 9.97. The molecule has 0 aromatic carbocycles. The molecule has 0 amide bonds. The summed E-state index contributed by atoms with van der Waals surface area (Å²) in [6.45, 7) is 2.34. The van der Waals surface area contributed by atoms with Gasteiger partial charge in [-0.3, -0.25) is 0 Å². The zero-order valence-electron chi connectivity index (χ0n) is 9.46. The van der Waals surface area contributed by atoms with Crippen molar-refractivity contribution in [2.75, 3.05) is 7.11 Å². The molecule has 2 saturated carbocycles. The van der Waals surface area contributed by atoms with Gasteiger partial charge in [0.2, 0.25) is 0 Å². The lowest BCUT2D eigenvalue weighted by Gasteiger charge is -2.39. The summed E-state index contributed by atoms with van der Waals surface area (Å²) in [5.41, 5.74) is 0. The van der Waals surface area contributed by atoms with Crippen LogP contribution in [0, 0.1) is 5.92 Å². The maximum atomic E-state index is 5.44. The predicted molar refractivity (Wildman–Crippen MR) is 58.4 cm³/mol. The monoisotopic (exact) mass is 197 g/mol. The van der Waals surface area contributed by atoms with Crippen LogP contribution in [-0.4, -0.2) is 25.3 Å². The Hall–Kier alpha value is -0.0800. The molecule has 0 aromatic heterocycles. The summed E-state index contributed by atoms with van der Waals surface area (Å²) in [4.78, 5) is 0. The second-order valence-electron chi connectivity index (χ2n) is 5.16. The van der Waals surface area contributed by atoms with Crippen molar-refractivity contribution in [3.63, 3.8) is 0 Å². The molecule has 0 aliphatic heterocycles. The molecule has 0 aromatic rings. The molecule has 0 spiro atoms. The van der Waals surface area contributed by atoms with Crippen LogP contribution in [0.3, 0.4) is 0 Å². The van der Waals surface area contributed by atoms with Crippen LogP contribution in [0.2, 0.25) is 0 Å². The molecular formula is C12H23NO. The van der Waals surface area contributed by atoms with Gasteiger partial charge in [0, 0.05) is 19.2 Å². The van der Waals surface area contributed by atoms with E-state index in [1.165, 1.54) is 38.5 Å². The standard InChI is InChI=1S/C12H23NO/c1-9-6-11(7-9)13-10-4-3-5-12(8-10)14-2/h9-13H,3-8H2,1-2H3. The number of hydrogen-bond donors (Lipinski definition) is 1. The van der Waals surface area contributed by atoms with Crippen molar-refractivity contribution in [1.82, 2.24) is 5.32 Å². The van der Waals surface area contributed by atoms with Crippen LogP contribution in [-0.2, 0) is 4.74 Å².